The summed E-state index contributed by atoms with van der Waals surface area (Å²) in [7, 11) is 0. The minimum atomic E-state index is -0.369. The lowest BCUT2D eigenvalue weighted by Crippen LogP contribution is -2.36. The lowest BCUT2D eigenvalue weighted by Gasteiger charge is -2.21. The van der Waals surface area contributed by atoms with Crippen molar-refractivity contribution in [1.82, 2.24) is 60.6 Å². The zero-order valence-electron chi connectivity index (χ0n) is 62.0. The molecule has 6 aromatic rings. The summed E-state index contributed by atoms with van der Waals surface area (Å²) in [6, 6.07) is 8.57. The quantitative estimate of drug-likeness (QED) is 0.0343. The summed E-state index contributed by atoms with van der Waals surface area (Å²) in [4.78, 5) is 117. The van der Waals surface area contributed by atoms with E-state index < -0.39 is 0 Å². The Morgan fingerprint density at radius 1 is 0.387 bits per heavy atom. The summed E-state index contributed by atoms with van der Waals surface area (Å²) in [6.07, 6.45) is 27.9. The number of aryl methyl sites for hydroxylation is 3. The van der Waals surface area contributed by atoms with Crippen LogP contribution in [0.4, 0.5) is 17.5 Å². The molecule has 11 aliphatic rings. The van der Waals surface area contributed by atoms with Crippen LogP contribution in [0.2, 0.25) is 0 Å². The van der Waals surface area contributed by atoms with Gasteiger partial charge in [-0.25, -0.2) is 29.9 Å². The largest absolute Gasteiger partial charge is 0.393 e. The maximum absolute atomic E-state index is 13.8. The van der Waals surface area contributed by atoms with Crippen molar-refractivity contribution in [3.05, 3.63) is 85.6 Å². The Labute approximate surface area is 632 Å². The standard InChI is InChI=1S/2C27H35N5O3S.C25H33N5O3S/c2*1-14-11-22(29-15(2)16-3-4-16)28-13-21(14)24-23(27(35)32-18-6-7-19(32)9-8-18)31-26(36-24)25(34)30-17-5-10-20(33)12-17;1-13(2)27-20-10-14(3)19(12-26-20)22-21(25(33)30-16-5-6-17(30)8-7-16)29-24(34-22)23(32)28-15-4-9-18(31)11-15/h2*11,13,15-20,33H,3-10,12H2,1-2H3,(H,28,29)(H,30,34);10,12-13,15-18,31H,4-9,11H2,1-3H3,(H,26,27)(H,28,32)/t15-,17+,18?,19?,20+;15-,17-,18?,19?,20-;15-,16?,17?,18-/m110/s1. The van der Waals surface area contributed by atoms with Gasteiger partial charge in [-0.05, 0) is 256 Å². The number of aromatic nitrogens is 6. The molecule has 6 saturated heterocycles. The van der Waals surface area contributed by atoms with Gasteiger partial charge in [0.1, 0.15) is 34.5 Å². The number of hydrogen-bond donors (Lipinski definition) is 9. The molecule has 5 aliphatic carbocycles. The average molecular weight is 1500 g/mol. The van der Waals surface area contributed by atoms with Crippen LogP contribution in [-0.2, 0) is 0 Å². The molecule has 0 spiro atoms. The van der Waals surface area contributed by atoms with Crippen LogP contribution in [0.1, 0.15) is 266 Å². The molecule has 5 saturated carbocycles. The van der Waals surface area contributed by atoms with Gasteiger partial charge in [-0.1, -0.05) is 0 Å². The first-order chi connectivity index (χ1) is 51.0. The molecule has 0 aromatic carbocycles. The zero-order chi connectivity index (χ0) is 73.9. The molecule has 27 heteroatoms. The first kappa shape index (κ1) is 73.9. The van der Waals surface area contributed by atoms with Gasteiger partial charge in [0.25, 0.3) is 35.4 Å². The second kappa shape index (κ2) is 31.2. The van der Waals surface area contributed by atoms with E-state index in [1.54, 1.807) is 6.20 Å². The van der Waals surface area contributed by atoms with Gasteiger partial charge in [0, 0.05) is 108 Å². The van der Waals surface area contributed by atoms with Crippen molar-refractivity contribution < 1.29 is 44.1 Å². The van der Waals surface area contributed by atoms with Crippen LogP contribution in [-0.4, -0.2) is 186 Å². The lowest BCUT2D eigenvalue weighted by atomic mass is 10.0. The third-order valence-corrected chi connectivity index (χ3v) is 27.5. The van der Waals surface area contributed by atoms with Gasteiger partial charge < -0.3 is 61.9 Å². The van der Waals surface area contributed by atoms with Crippen molar-refractivity contribution in [2.75, 3.05) is 16.0 Å². The third-order valence-electron chi connectivity index (χ3n) is 24.3. The first-order valence-electron chi connectivity index (χ1n) is 39.2. The molecule has 17 rings (SSSR count). The number of aliphatic hydroxyl groups excluding tert-OH is 3. The van der Waals surface area contributed by atoms with E-state index in [4.69, 9.17) is 0 Å². The van der Waals surface area contributed by atoms with E-state index in [1.807, 2.05) is 66.1 Å². The van der Waals surface area contributed by atoms with E-state index in [1.165, 1.54) is 59.7 Å². The van der Waals surface area contributed by atoms with Crippen LogP contribution in [0.3, 0.4) is 0 Å². The molecule has 11 fully saturated rings. The summed E-state index contributed by atoms with van der Waals surface area (Å²) in [5.74, 6) is 2.86. The predicted molar refractivity (Wildman–Crippen MR) is 411 cm³/mol. The molecule has 24 nitrogen and oxygen atoms in total. The Morgan fingerprint density at radius 2 is 0.651 bits per heavy atom. The number of rotatable bonds is 20. The summed E-state index contributed by atoms with van der Waals surface area (Å²) < 4.78 is 0. The Bertz CT molecular complexity index is 4060. The SMILES string of the molecule is Cc1cc(NC(C)C)ncc1-c1sc(C(=O)N[C@H]2CC[C@H](O)C2)nc1C(=O)N1C2CCC1CC2.Cc1cc(N[C@H](C)C2CC2)ncc1-c1sc(C(=O)N[C@@H]2CC[C@@H](O)C2)nc1C(=O)N1C2CCC1CC2.Cc1cc(N[C@H](C)C2CC2)ncc1-c1sc(C(=O)N[C@H]2CC[C@H](O)C2)nc1C(=O)N1C2CCC1CC2. The van der Waals surface area contributed by atoms with E-state index in [9.17, 15) is 44.1 Å². The number of aliphatic hydroxyl groups is 3. The van der Waals surface area contributed by atoms with Crippen LogP contribution in [0.25, 0.3) is 31.3 Å². The number of carbonyl (C=O) groups is 6. The van der Waals surface area contributed by atoms with Gasteiger partial charge >= 0.3 is 0 Å². The number of fused-ring (bicyclic) bond motifs is 6. The van der Waals surface area contributed by atoms with Crippen LogP contribution >= 0.6 is 34.0 Å². The number of thiazole rings is 3. The Hall–Kier alpha value is -7.56. The van der Waals surface area contributed by atoms with Crippen LogP contribution in [0.15, 0.2) is 36.8 Å². The van der Waals surface area contributed by atoms with Crippen molar-refractivity contribution in [1.29, 1.82) is 0 Å². The van der Waals surface area contributed by atoms with Gasteiger partial charge in [-0.3, -0.25) is 28.8 Å². The molecule has 566 valence electrons. The number of pyridine rings is 3. The Morgan fingerprint density at radius 3 is 0.877 bits per heavy atom. The second-order valence-electron chi connectivity index (χ2n) is 32.5. The molecule has 6 aliphatic heterocycles. The van der Waals surface area contributed by atoms with Gasteiger partial charge in [0.15, 0.2) is 15.0 Å². The molecule has 6 amide bonds. The van der Waals surface area contributed by atoms with E-state index in [2.05, 4.69) is 89.5 Å². The normalized spacial score (nSPS) is 27.3. The number of amides is 6. The van der Waals surface area contributed by atoms with Crippen molar-refractivity contribution in [3.8, 4) is 31.3 Å². The van der Waals surface area contributed by atoms with Crippen LogP contribution < -0.4 is 31.9 Å². The van der Waals surface area contributed by atoms with E-state index in [0.717, 1.165) is 169 Å². The summed E-state index contributed by atoms with van der Waals surface area (Å²) in [6.45, 7) is 14.6. The molecule has 8 atom stereocenters. The van der Waals surface area contributed by atoms with Gasteiger partial charge in [0.05, 0.1) is 32.9 Å². The van der Waals surface area contributed by atoms with Crippen molar-refractivity contribution in [2.45, 2.75) is 300 Å². The highest BCUT2D eigenvalue weighted by atomic mass is 32.1. The summed E-state index contributed by atoms with van der Waals surface area (Å²) >= 11 is 3.80. The fraction of sp³-hybridized carbons (Fsp3) is 0.620. The molecular weight excluding hydrogens is 1400 g/mol. The lowest BCUT2D eigenvalue weighted by molar-refractivity contribution is 0.0716. The third kappa shape index (κ3) is 16.0. The van der Waals surface area contributed by atoms with Gasteiger partial charge in [-0.15, -0.1) is 34.0 Å². The highest BCUT2D eigenvalue weighted by Crippen LogP contribution is 2.46. The maximum Gasteiger partial charge on any atom is 0.280 e. The van der Waals surface area contributed by atoms with Crippen LogP contribution in [0, 0.1) is 32.6 Å². The fourth-order valence-electron chi connectivity index (χ4n) is 18.2. The van der Waals surface area contributed by atoms with Crippen molar-refractivity contribution in [3.63, 3.8) is 0 Å². The predicted octanol–water partition coefficient (Wildman–Crippen LogP) is 12.0. The maximum atomic E-state index is 13.8. The molecule has 6 aromatic heterocycles. The van der Waals surface area contributed by atoms with E-state index >= 15 is 0 Å². The van der Waals surface area contributed by atoms with Gasteiger partial charge in [-0.2, -0.15) is 0 Å². The summed E-state index contributed by atoms with van der Waals surface area (Å²) in [5.41, 5.74) is 6.61. The fourth-order valence-corrected chi connectivity index (χ4v) is 21.3. The summed E-state index contributed by atoms with van der Waals surface area (Å²) in [5, 5.41) is 49.7. The van der Waals surface area contributed by atoms with E-state index in [0.29, 0.717) is 82.6 Å². The smallest absolute Gasteiger partial charge is 0.280 e. The number of nitrogens with zero attached hydrogens (tertiary/aromatic N) is 9. The number of anilines is 3. The Kier molecular flexibility index (Phi) is 21.8. The van der Waals surface area contributed by atoms with Gasteiger partial charge in [0.2, 0.25) is 0 Å². The molecular formula is C79H103N15O9S3. The zero-order valence-corrected chi connectivity index (χ0v) is 64.4. The molecule has 6 bridgehead atoms. The van der Waals surface area contributed by atoms with Crippen molar-refractivity contribution in [2.24, 2.45) is 11.8 Å². The Balaban J connectivity index is 0.000000127. The molecule has 9 N–H and O–H groups in total. The minimum Gasteiger partial charge on any atom is -0.393 e. The molecule has 0 unspecified atom stereocenters. The highest BCUT2D eigenvalue weighted by molar-refractivity contribution is 7.18. The number of carbonyl (C=O) groups excluding carboxylic acids is 6. The molecule has 106 heavy (non-hydrogen) atoms. The topological polar surface area (TPSA) is 322 Å². The highest BCUT2D eigenvalue weighted by Gasteiger charge is 2.48. The van der Waals surface area contributed by atoms with Crippen molar-refractivity contribution >= 4 is 86.9 Å². The van der Waals surface area contributed by atoms with E-state index in [-0.39, 0.29) is 119 Å². The second-order valence-corrected chi connectivity index (χ2v) is 35.5. The monoisotopic (exact) mass is 1500 g/mol. The number of hydrogen-bond acceptors (Lipinski definition) is 21. The first-order valence-corrected chi connectivity index (χ1v) is 41.7. The molecule has 12 heterocycles. The average Bonchev–Trinajstić information content (AvgIpc) is 1.62. The minimum absolute atomic E-state index is 0.0596. The van der Waals surface area contributed by atoms with Crippen LogP contribution in [0.5, 0.6) is 0 Å². The number of nitrogens with one attached hydrogen (secondary N) is 6. The molecule has 0 radical (unpaired) electrons.